The standard InChI is InChI=1S/C28H33N5O4S/c1-3-24-26(38-30-29-24)28(35)33-10-9-31(2)27(34)21-6-4-5-20(17-21)18-22-19-23(32-11-14-36-15-12-32)7-8-25(22)37-16-13-33/h4-8,17,19H,3,9-16,18H2,1-2H3. The topological polar surface area (TPSA) is 88.1 Å². The summed E-state index contributed by atoms with van der Waals surface area (Å²) in [4.78, 5) is 33.0. The number of carbonyl (C=O) groups is 2. The van der Waals surface area contributed by atoms with Crippen molar-refractivity contribution < 1.29 is 19.1 Å². The fraction of sp³-hybridized carbons (Fsp3) is 0.429. The van der Waals surface area contributed by atoms with E-state index in [-0.39, 0.29) is 11.8 Å². The predicted octanol–water partition coefficient (Wildman–Crippen LogP) is 3.13. The summed E-state index contributed by atoms with van der Waals surface area (Å²) < 4.78 is 15.8. The quantitative estimate of drug-likeness (QED) is 0.509. The van der Waals surface area contributed by atoms with Crippen molar-refractivity contribution in [1.29, 1.82) is 0 Å². The number of rotatable bonds is 3. The van der Waals surface area contributed by atoms with Crippen molar-refractivity contribution in [2.75, 3.05) is 64.5 Å². The Morgan fingerprint density at radius 1 is 1.03 bits per heavy atom. The summed E-state index contributed by atoms with van der Waals surface area (Å²) in [5.74, 6) is 0.593. The molecule has 0 radical (unpaired) electrons. The van der Waals surface area contributed by atoms with E-state index in [0.717, 1.165) is 47.2 Å². The molecule has 0 unspecified atom stereocenters. The van der Waals surface area contributed by atoms with Crippen LogP contribution < -0.4 is 9.64 Å². The van der Waals surface area contributed by atoms with Crippen molar-refractivity contribution in [2.45, 2.75) is 19.8 Å². The molecule has 0 atom stereocenters. The highest BCUT2D eigenvalue weighted by molar-refractivity contribution is 7.08. The summed E-state index contributed by atoms with van der Waals surface area (Å²) in [6, 6.07) is 14.0. The van der Waals surface area contributed by atoms with Gasteiger partial charge in [0.05, 0.1) is 25.5 Å². The lowest BCUT2D eigenvalue weighted by atomic mass is 10.0. The van der Waals surface area contributed by atoms with Crippen LogP contribution in [0.15, 0.2) is 42.5 Å². The van der Waals surface area contributed by atoms with Gasteiger partial charge >= 0.3 is 0 Å². The Labute approximate surface area is 227 Å². The number of carbonyl (C=O) groups excluding carboxylic acids is 2. The molecular weight excluding hydrogens is 502 g/mol. The van der Waals surface area contributed by atoms with E-state index in [0.29, 0.717) is 68.4 Å². The molecule has 2 aliphatic heterocycles. The first-order chi connectivity index (χ1) is 18.5. The first kappa shape index (κ1) is 26.1. The number of nitrogens with zero attached hydrogens (tertiary/aromatic N) is 5. The van der Waals surface area contributed by atoms with E-state index < -0.39 is 0 Å². The van der Waals surface area contributed by atoms with Gasteiger partial charge in [-0.15, -0.1) is 5.10 Å². The molecule has 2 aromatic carbocycles. The minimum Gasteiger partial charge on any atom is -0.491 e. The van der Waals surface area contributed by atoms with Crippen LogP contribution in [0.25, 0.3) is 0 Å². The molecule has 0 N–H and O–H groups in total. The molecule has 0 saturated carbocycles. The summed E-state index contributed by atoms with van der Waals surface area (Å²) >= 11 is 1.12. The number of fused-ring (bicyclic) bond motifs is 3. The zero-order valence-electron chi connectivity index (χ0n) is 21.9. The first-order valence-electron chi connectivity index (χ1n) is 13.1. The maximum Gasteiger partial charge on any atom is 0.267 e. The lowest BCUT2D eigenvalue weighted by Gasteiger charge is -2.30. The van der Waals surface area contributed by atoms with Crippen LogP contribution in [0.2, 0.25) is 0 Å². The molecule has 1 fully saturated rings. The predicted molar refractivity (Wildman–Crippen MR) is 146 cm³/mol. The minimum atomic E-state index is -0.127. The van der Waals surface area contributed by atoms with Gasteiger partial charge in [0, 0.05) is 56.5 Å². The molecule has 3 aromatic rings. The lowest BCUT2D eigenvalue weighted by molar-refractivity contribution is 0.0670. The van der Waals surface area contributed by atoms with Gasteiger partial charge in [0.25, 0.3) is 11.8 Å². The van der Waals surface area contributed by atoms with E-state index in [9.17, 15) is 9.59 Å². The van der Waals surface area contributed by atoms with E-state index in [2.05, 4.69) is 26.6 Å². The molecule has 10 heteroatoms. The van der Waals surface area contributed by atoms with Gasteiger partial charge in [-0.25, -0.2) is 0 Å². The third-order valence-corrected chi connectivity index (χ3v) is 7.79. The summed E-state index contributed by atoms with van der Waals surface area (Å²) in [7, 11) is 1.77. The van der Waals surface area contributed by atoms with E-state index in [1.54, 1.807) is 16.8 Å². The minimum absolute atomic E-state index is 0.0662. The number of likely N-dealkylation sites (N-methyl/N-ethyl adjacent to an activating group) is 1. The second-order valence-electron chi connectivity index (χ2n) is 9.54. The van der Waals surface area contributed by atoms with Gasteiger partial charge in [-0.1, -0.05) is 23.5 Å². The second kappa shape index (κ2) is 11.9. The number of anilines is 1. The van der Waals surface area contributed by atoms with Crippen LogP contribution in [0, 0.1) is 0 Å². The van der Waals surface area contributed by atoms with Crippen molar-refractivity contribution in [3.63, 3.8) is 0 Å². The third kappa shape index (κ3) is 5.81. The summed E-state index contributed by atoms with van der Waals surface area (Å²) in [5.41, 5.74) is 4.55. The Morgan fingerprint density at radius 2 is 1.87 bits per heavy atom. The summed E-state index contributed by atoms with van der Waals surface area (Å²) in [5, 5.41) is 4.11. The fourth-order valence-electron chi connectivity index (χ4n) is 4.82. The van der Waals surface area contributed by atoms with Crippen molar-refractivity contribution in [3.8, 4) is 5.75 Å². The van der Waals surface area contributed by atoms with Gasteiger partial charge in [0.2, 0.25) is 0 Å². The van der Waals surface area contributed by atoms with Gasteiger partial charge in [0.15, 0.2) is 0 Å². The highest BCUT2D eigenvalue weighted by Crippen LogP contribution is 2.29. The van der Waals surface area contributed by atoms with Gasteiger partial charge in [-0.05, 0) is 53.8 Å². The van der Waals surface area contributed by atoms with Crippen molar-refractivity contribution in [1.82, 2.24) is 19.4 Å². The second-order valence-corrected chi connectivity index (χ2v) is 10.3. The third-order valence-electron chi connectivity index (χ3n) is 7.03. The van der Waals surface area contributed by atoms with Gasteiger partial charge in [0.1, 0.15) is 17.2 Å². The van der Waals surface area contributed by atoms with Crippen LogP contribution >= 0.6 is 11.5 Å². The summed E-state index contributed by atoms with van der Waals surface area (Å²) in [6.45, 7) is 6.59. The maximum atomic E-state index is 13.5. The molecule has 3 heterocycles. The molecular formula is C28H33N5O4S. The number of benzene rings is 2. The maximum absolute atomic E-state index is 13.5. The smallest absolute Gasteiger partial charge is 0.267 e. The van der Waals surface area contributed by atoms with Gasteiger partial charge in [-0.2, -0.15) is 0 Å². The van der Waals surface area contributed by atoms with Crippen LogP contribution in [0.5, 0.6) is 5.75 Å². The van der Waals surface area contributed by atoms with Crippen molar-refractivity contribution >= 4 is 29.0 Å². The number of ether oxygens (including phenoxy) is 2. The molecule has 1 aromatic heterocycles. The fourth-order valence-corrected chi connectivity index (χ4v) is 5.54. The monoisotopic (exact) mass is 535 g/mol. The lowest BCUT2D eigenvalue weighted by Crippen LogP contribution is -2.41. The zero-order chi connectivity index (χ0) is 26.5. The average Bonchev–Trinajstić information content (AvgIpc) is 3.44. The largest absolute Gasteiger partial charge is 0.491 e. The van der Waals surface area contributed by atoms with Gasteiger partial charge < -0.3 is 24.2 Å². The van der Waals surface area contributed by atoms with E-state index >= 15 is 0 Å². The van der Waals surface area contributed by atoms with Crippen LogP contribution in [-0.4, -0.2) is 90.8 Å². The molecule has 2 amide bonds. The number of amides is 2. The molecule has 1 saturated heterocycles. The highest BCUT2D eigenvalue weighted by Gasteiger charge is 2.24. The Kier molecular flexibility index (Phi) is 8.19. The Bertz CT molecular complexity index is 1290. The Hall–Kier alpha value is -3.50. The molecule has 200 valence electrons. The SMILES string of the molecule is CCc1nnsc1C(=O)N1CCOc2ccc(N3CCOCC3)cc2Cc2cccc(c2)C(=O)N(C)CC1. The van der Waals surface area contributed by atoms with E-state index in [1.165, 1.54) is 0 Å². The molecule has 2 aliphatic rings. The number of aryl methyl sites for hydroxylation is 1. The van der Waals surface area contributed by atoms with Crippen LogP contribution in [-0.2, 0) is 17.6 Å². The van der Waals surface area contributed by atoms with Crippen LogP contribution in [0.1, 0.15) is 43.8 Å². The van der Waals surface area contributed by atoms with Crippen molar-refractivity contribution in [2.24, 2.45) is 0 Å². The number of hydrogen-bond donors (Lipinski definition) is 0. The molecule has 9 nitrogen and oxygen atoms in total. The molecule has 38 heavy (non-hydrogen) atoms. The molecule has 0 aliphatic carbocycles. The number of hydrogen-bond acceptors (Lipinski definition) is 8. The molecule has 0 spiro atoms. The number of morpholine rings is 1. The zero-order valence-corrected chi connectivity index (χ0v) is 22.7. The normalized spacial score (nSPS) is 17.0. The van der Waals surface area contributed by atoms with Crippen LogP contribution in [0.4, 0.5) is 5.69 Å². The average molecular weight is 536 g/mol. The van der Waals surface area contributed by atoms with E-state index in [4.69, 9.17) is 9.47 Å². The number of aromatic nitrogens is 2. The van der Waals surface area contributed by atoms with E-state index in [1.807, 2.05) is 37.3 Å². The van der Waals surface area contributed by atoms with Crippen LogP contribution in [0.3, 0.4) is 0 Å². The van der Waals surface area contributed by atoms with Gasteiger partial charge in [-0.3, -0.25) is 9.59 Å². The molecule has 2 bridgehead atoms. The Morgan fingerprint density at radius 3 is 2.68 bits per heavy atom. The molecule has 5 rings (SSSR count). The first-order valence-corrected chi connectivity index (χ1v) is 13.8. The Balaban J connectivity index is 1.46. The van der Waals surface area contributed by atoms with Crippen molar-refractivity contribution in [3.05, 3.63) is 69.7 Å². The summed E-state index contributed by atoms with van der Waals surface area (Å²) in [6.07, 6.45) is 1.27. The highest BCUT2D eigenvalue weighted by atomic mass is 32.1.